The zero-order chi connectivity index (χ0) is 18.6. The Balaban J connectivity index is 2.01. The van der Waals surface area contributed by atoms with Gasteiger partial charge in [0.15, 0.2) is 5.82 Å². The second-order valence-corrected chi connectivity index (χ2v) is 7.39. The summed E-state index contributed by atoms with van der Waals surface area (Å²) >= 11 is 3.30. The van der Waals surface area contributed by atoms with Crippen LogP contribution in [-0.2, 0) is 18.3 Å². The summed E-state index contributed by atoms with van der Waals surface area (Å²) in [4.78, 5) is 16.9. The highest BCUT2D eigenvalue weighted by atomic mass is 79.9. The number of hydrogen-bond donors (Lipinski definition) is 2. The number of halogens is 2. The number of carbonyl (C=O) groups excluding carboxylic acids is 1. The molecule has 0 unspecified atom stereocenters. The molecule has 0 bridgehead atoms. The summed E-state index contributed by atoms with van der Waals surface area (Å²) in [6.45, 7) is 1.86. The Bertz CT molecular complexity index is 1030. The normalized spacial score (nSPS) is 17.0. The zero-order valence-electron chi connectivity index (χ0n) is 14.4. The zero-order valence-corrected chi connectivity index (χ0v) is 16.0. The van der Waals surface area contributed by atoms with Crippen molar-refractivity contribution in [1.29, 1.82) is 0 Å². The third kappa shape index (κ3) is 2.47. The van der Waals surface area contributed by atoms with Gasteiger partial charge in [-0.1, -0.05) is 0 Å². The third-order valence-corrected chi connectivity index (χ3v) is 5.60. The number of rotatable bonds is 2. The van der Waals surface area contributed by atoms with Gasteiger partial charge in [-0.15, -0.1) is 0 Å². The van der Waals surface area contributed by atoms with Crippen LogP contribution in [0, 0.1) is 5.82 Å². The molecular weight excluding hydrogens is 403 g/mol. The van der Waals surface area contributed by atoms with Gasteiger partial charge in [0.2, 0.25) is 5.91 Å². The van der Waals surface area contributed by atoms with Crippen molar-refractivity contribution >= 4 is 32.7 Å². The van der Waals surface area contributed by atoms with Crippen molar-refractivity contribution in [3.8, 4) is 11.3 Å². The summed E-state index contributed by atoms with van der Waals surface area (Å²) in [7, 11) is 1.83. The molecule has 1 aliphatic rings. The van der Waals surface area contributed by atoms with Gasteiger partial charge in [0, 0.05) is 48.4 Å². The van der Waals surface area contributed by atoms with E-state index in [1.165, 1.54) is 0 Å². The van der Waals surface area contributed by atoms with Crippen molar-refractivity contribution in [1.82, 2.24) is 19.7 Å². The van der Waals surface area contributed by atoms with Gasteiger partial charge in [-0.25, -0.2) is 4.39 Å². The van der Waals surface area contributed by atoms with Gasteiger partial charge in [0.25, 0.3) is 0 Å². The van der Waals surface area contributed by atoms with Gasteiger partial charge in [-0.3, -0.25) is 9.48 Å². The predicted octanol–water partition coefficient (Wildman–Crippen LogP) is 2.91. The number of aromatic nitrogens is 3. The lowest BCUT2D eigenvalue weighted by atomic mass is 9.93. The lowest BCUT2D eigenvalue weighted by Gasteiger charge is -2.33. The number of fused-ring (bicyclic) bond motifs is 3. The van der Waals surface area contributed by atoms with Crippen molar-refractivity contribution in [3.05, 3.63) is 39.9 Å². The first-order chi connectivity index (χ1) is 12.4. The SMILES string of the molecule is C[C@H]1c2c([nH]c3c(F)c(Br)cc(-c4ccn(C)n4)c23)CCN1C(=O)CO. The molecule has 1 aromatic carbocycles. The smallest absolute Gasteiger partial charge is 0.248 e. The molecule has 0 spiro atoms. The van der Waals surface area contributed by atoms with E-state index in [2.05, 4.69) is 26.0 Å². The topological polar surface area (TPSA) is 74.2 Å². The molecule has 1 aliphatic heterocycles. The van der Waals surface area contributed by atoms with Crippen molar-refractivity contribution in [2.24, 2.45) is 7.05 Å². The average Bonchev–Trinajstić information content (AvgIpc) is 3.22. The molecule has 0 saturated carbocycles. The van der Waals surface area contributed by atoms with Gasteiger partial charge in [0.1, 0.15) is 6.61 Å². The molecule has 0 saturated heterocycles. The van der Waals surface area contributed by atoms with Crippen LogP contribution in [0.4, 0.5) is 4.39 Å². The third-order valence-electron chi connectivity index (χ3n) is 5.02. The molecule has 0 radical (unpaired) electrons. The van der Waals surface area contributed by atoms with Crippen molar-refractivity contribution in [3.63, 3.8) is 0 Å². The molecule has 136 valence electrons. The Morgan fingerprint density at radius 3 is 2.96 bits per heavy atom. The van der Waals surface area contributed by atoms with Crippen LogP contribution in [0.25, 0.3) is 22.2 Å². The standard InChI is InChI=1S/C18H18BrFN4O2/c1-9-15-13(4-6-24(9)14(26)8-25)21-18-16(15)10(7-11(19)17(18)20)12-3-5-23(2)22-12/h3,5,7,9,21,25H,4,6,8H2,1-2H3/t9-/m0/s1. The van der Waals surface area contributed by atoms with E-state index in [0.29, 0.717) is 23.0 Å². The lowest BCUT2D eigenvalue weighted by molar-refractivity contribution is -0.136. The summed E-state index contributed by atoms with van der Waals surface area (Å²) in [5, 5.41) is 14.5. The number of aliphatic hydroxyl groups excluding tert-OH is 1. The van der Waals surface area contributed by atoms with E-state index >= 15 is 0 Å². The van der Waals surface area contributed by atoms with Gasteiger partial charge in [0.05, 0.1) is 21.7 Å². The molecule has 3 aromatic rings. The Morgan fingerprint density at radius 2 is 2.31 bits per heavy atom. The summed E-state index contributed by atoms with van der Waals surface area (Å²) in [5.74, 6) is -0.684. The molecular formula is C18H18BrFN4O2. The molecule has 0 fully saturated rings. The van der Waals surface area contributed by atoms with E-state index in [1.807, 2.05) is 26.2 Å². The van der Waals surface area contributed by atoms with E-state index in [1.54, 1.807) is 15.6 Å². The maximum atomic E-state index is 14.8. The number of hydrogen-bond acceptors (Lipinski definition) is 3. The fourth-order valence-corrected chi connectivity index (χ4v) is 4.25. The highest BCUT2D eigenvalue weighted by molar-refractivity contribution is 9.10. The molecule has 2 aromatic heterocycles. The molecule has 3 heterocycles. The second kappa shape index (κ2) is 6.21. The minimum atomic E-state index is -0.533. The molecule has 6 nitrogen and oxygen atoms in total. The number of benzene rings is 1. The molecule has 8 heteroatoms. The summed E-state index contributed by atoms with van der Waals surface area (Å²) < 4.78 is 16.9. The van der Waals surface area contributed by atoms with Crippen LogP contribution in [0.2, 0.25) is 0 Å². The van der Waals surface area contributed by atoms with Gasteiger partial charge in [-0.2, -0.15) is 5.10 Å². The van der Waals surface area contributed by atoms with Crippen LogP contribution in [-0.4, -0.2) is 43.8 Å². The first-order valence-electron chi connectivity index (χ1n) is 8.35. The molecule has 0 aliphatic carbocycles. The maximum Gasteiger partial charge on any atom is 0.248 e. The number of aliphatic hydroxyl groups is 1. The number of nitrogens with one attached hydrogen (secondary N) is 1. The molecule has 1 atom stereocenters. The number of nitrogens with zero attached hydrogens (tertiary/aromatic N) is 3. The van der Waals surface area contributed by atoms with E-state index in [-0.39, 0.29) is 17.8 Å². The molecule has 2 N–H and O–H groups in total. The van der Waals surface area contributed by atoms with Crippen LogP contribution in [0.5, 0.6) is 0 Å². The maximum absolute atomic E-state index is 14.8. The van der Waals surface area contributed by atoms with E-state index < -0.39 is 6.61 Å². The first kappa shape index (κ1) is 17.2. The van der Waals surface area contributed by atoms with Crippen molar-refractivity contribution in [2.75, 3.05) is 13.2 Å². The van der Waals surface area contributed by atoms with Crippen LogP contribution >= 0.6 is 15.9 Å². The number of amides is 1. The van der Waals surface area contributed by atoms with Crippen LogP contribution in [0.15, 0.2) is 22.8 Å². The van der Waals surface area contributed by atoms with E-state index in [9.17, 15) is 14.3 Å². The van der Waals surface area contributed by atoms with Gasteiger partial charge in [-0.05, 0) is 35.0 Å². The quantitative estimate of drug-likeness (QED) is 0.669. The molecule has 1 amide bonds. The lowest BCUT2D eigenvalue weighted by Crippen LogP contribution is -2.40. The van der Waals surface area contributed by atoms with Crippen LogP contribution < -0.4 is 0 Å². The number of aryl methyl sites for hydroxylation is 1. The fraction of sp³-hybridized carbons (Fsp3) is 0.333. The highest BCUT2D eigenvalue weighted by Gasteiger charge is 2.32. The van der Waals surface area contributed by atoms with E-state index in [0.717, 1.165) is 27.9 Å². The van der Waals surface area contributed by atoms with Gasteiger partial charge < -0.3 is 15.0 Å². The summed E-state index contributed by atoms with van der Waals surface area (Å²) in [5.41, 5.74) is 3.76. The van der Waals surface area contributed by atoms with Crippen LogP contribution in [0.1, 0.15) is 24.2 Å². The summed E-state index contributed by atoms with van der Waals surface area (Å²) in [6, 6.07) is 3.34. The number of carbonyl (C=O) groups is 1. The largest absolute Gasteiger partial charge is 0.387 e. The fourth-order valence-electron chi connectivity index (χ4n) is 3.82. The van der Waals surface area contributed by atoms with Crippen LogP contribution in [0.3, 0.4) is 0 Å². The second-order valence-electron chi connectivity index (χ2n) is 6.53. The Hall–Kier alpha value is -2.19. The van der Waals surface area contributed by atoms with Gasteiger partial charge >= 0.3 is 0 Å². The average molecular weight is 421 g/mol. The van der Waals surface area contributed by atoms with Crippen molar-refractivity contribution < 1.29 is 14.3 Å². The van der Waals surface area contributed by atoms with E-state index in [4.69, 9.17) is 0 Å². The first-order valence-corrected chi connectivity index (χ1v) is 9.14. The highest BCUT2D eigenvalue weighted by Crippen LogP contribution is 2.42. The number of aromatic amines is 1. The Labute approximate surface area is 157 Å². The molecule has 4 rings (SSSR count). The summed E-state index contributed by atoms with van der Waals surface area (Å²) in [6.07, 6.45) is 2.42. The number of H-pyrrole nitrogens is 1. The predicted molar refractivity (Wildman–Crippen MR) is 99.1 cm³/mol. The Morgan fingerprint density at radius 1 is 1.54 bits per heavy atom. The van der Waals surface area contributed by atoms with Crippen molar-refractivity contribution in [2.45, 2.75) is 19.4 Å². The minimum absolute atomic E-state index is 0.268. The molecule has 26 heavy (non-hydrogen) atoms. The monoisotopic (exact) mass is 420 g/mol. The Kier molecular flexibility index (Phi) is 4.11. The minimum Gasteiger partial charge on any atom is -0.387 e.